The van der Waals surface area contributed by atoms with Crippen molar-refractivity contribution in [3.63, 3.8) is 0 Å². The number of rotatable bonds is 8. The minimum atomic E-state index is 0. The molecular formula is C17H31ClN2. The predicted molar refractivity (Wildman–Crippen MR) is 93.3 cm³/mol. The van der Waals surface area contributed by atoms with E-state index in [-0.39, 0.29) is 12.4 Å². The number of nitrogens with one attached hydrogen (secondary N) is 1. The van der Waals surface area contributed by atoms with E-state index in [2.05, 4.69) is 63.0 Å². The van der Waals surface area contributed by atoms with Crippen LogP contribution in [0.25, 0.3) is 0 Å². The Morgan fingerprint density at radius 2 is 1.70 bits per heavy atom. The Hall–Kier alpha value is -0.730. The molecule has 0 saturated heterocycles. The van der Waals surface area contributed by atoms with Gasteiger partial charge in [0.1, 0.15) is 0 Å². The van der Waals surface area contributed by atoms with Crippen molar-refractivity contribution >= 4 is 18.1 Å². The fourth-order valence-electron chi connectivity index (χ4n) is 2.73. The fourth-order valence-corrected chi connectivity index (χ4v) is 2.73. The zero-order chi connectivity index (χ0) is 14.3. The molecule has 0 aromatic heterocycles. The van der Waals surface area contributed by atoms with Gasteiger partial charge in [-0.05, 0) is 50.9 Å². The normalized spacial score (nSPS) is 12.1. The predicted octanol–water partition coefficient (Wildman–Crippen LogP) is 4.65. The number of para-hydroxylation sites is 1. The second-order valence-corrected chi connectivity index (χ2v) is 5.34. The Morgan fingerprint density at radius 3 is 2.15 bits per heavy atom. The van der Waals surface area contributed by atoms with Gasteiger partial charge in [-0.1, -0.05) is 39.0 Å². The third-order valence-electron chi connectivity index (χ3n) is 3.90. The Morgan fingerprint density at radius 1 is 1.10 bits per heavy atom. The van der Waals surface area contributed by atoms with Crippen molar-refractivity contribution in [3.05, 3.63) is 29.3 Å². The van der Waals surface area contributed by atoms with Crippen LogP contribution >= 0.6 is 12.4 Å². The molecule has 2 nitrogen and oxygen atoms in total. The average Bonchev–Trinajstić information content (AvgIpc) is 2.40. The molecule has 3 heteroatoms. The van der Waals surface area contributed by atoms with Crippen molar-refractivity contribution in [1.29, 1.82) is 0 Å². The number of likely N-dealkylation sites (N-methyl/N-ethyl adjacent to an activating group) is 1. The van der Waals surface area contributed by atoms with E-state index in [9.17, 15) is 0 Å². The first kappa shape index (κ1) is 19.3. The van der Waals surface area contributed by atoms with Crippen LogP contribution in [0, 0.1) is 13.8 Å². The molecule has 20 heavy (non-hydrogen) atoms. The SMILES string of the molecule is CCCN(CC)C(CC)CNc1c(C)cccc1C.Cl. The summed E-state index contributed by atoms with van der Waals surface area (Å²) in [7, 11) is 0. The van der Waals surface area contributed by atoms with Crippen LogP contribution < -0.4 is 5.32 Å². The molecule has 1 aromatic rings. The van der Waals surface area contributed by atoms with Crippen LogP contribution in [0.5, 0.6) is 0 Å². The third kappa shape index (κ3) is 5.34. The summed E-state index contributed by atoms with van der Waals surface area (Å²) in [5.74, 6) is 0. The van der Waals surface area contributed by atoms with E-state index in [1.54, 1.807) is 0 Å². The molecule has 1 unspecified atom stereocenters. The minimum Gasteiger partial charge on any atom is -0.383 e. The topological polar surface area (TPSA) is 15.3 Å². The molecular weight excluding hydrogens is 268 g/mol. The van der Waals surface area contributed by atoms with Gasteiger partial charge in [0, 0.05) is 18.3 Å². The molecule has 1 atom stereocenters. The summed E-state index contributed by atoms with van der Waals surface area (Å²) in [6.07, 6.45) is 2.43. The molecule has 0 radical (unpaired) electrons. The highest BCUT2D eigenvalue weighted by molar-refractivity contribution is 5.85. The maximum Gasteiger partial charge on any atom is 0.0400 e. The van der Waals surface area contributed by atoms with Crippen molar-refractivity contribution in [2.24, 2.45) is 0 Å². The molecule has 1 N–H and O–H groups in total. The van der Waals surface area contributed by atoms with Gasteiger partial charge in [0.25, 0.3) is 0 Å². The molecule has 0 heterocycles. The van der Waals surface area contributed by atoms with Gasteiger partial charge in [0.15, 0.2) is 0 Å². The number of nitrogens with zero attached hydrogens (tertiary/aromatic N) is 1. The van der Waals surface area contributed by atoms with Crippen LogP contribution in [-0.4, -0.2) is 30.6 Å². The number of anilines is 1. The Kier molecular flexibility index (Phi) is 9.70. The molecule has 0 fully saturated rings. The van der Waals surface area contributed by atoms with Gasteiger partial charge in [-0.15, -0.1) is 12.4 Å². The molecule has 0 bridgehead atoms. The summed E-state index contributed by atoms with van der Waals surface area (Å²) in [6, 6.07) is 7.12. The van der Waals surface area contributed by atoms with Crippen molar-refractivity contribution < 1.29 is 0 Å². The zero-order valence-corrected chi connectivity index (χ0v) is 14.5. The summed E-state index contributed by atoms with van der Waals surface area (Å²) < 4.78 is 0. The number of aryl methyl sites for hydroxylation is 2. The lowest BCUT2D eigenvalue weighted by atomic mass is 10.1. The second-order valence-electron chi connectivity index (χ2n) is 5.34. The summed E-state index contributed by atoms with van der Waals surface area (Å²) >= 11 is 0. The Labute approximate surface area is 131 Å². The van der Waals surface area contributed by atoms with Crippen LogP contribution in [0.4, 0.5) is 5.69 Å². The molecule has 1 rings (SSSR count). The molecule has 0 amide bonds. The highest BCUT2D eigenvalue weighted by Gasteiger charge is 2.14. The fraction of sp³-hybridized carbons (Fsp3) is 0.647. The maximum atomic E-state index is 3.66. The van der Waals surface area contributed by atoms with E-state index < -0.39 is 0 Å². The smallest absolute Gasteiger partial charge is 0.0400 e. The third-order valence-corrected chi connectivity index (χ3v) is 3.90. The van der Waals surface area contributed by atoms with Gasteiger partial charge in [-0.3, -0.25) is 4.90 Å². The van der Waals surface area contributed by atoms with Gasteiger partial charge in [-0.2, -0.15) is 0 Å². The number of hydrogen-bond donors (Lipinski definition) is 1. The summed E-state index contributed by atoms with van der Waals surface area (Å²) in [6.45, 7) is 14.5. The number of benzene rings is 1. The Bertz CT molecular complexity index is 359. The lowest BCUT2D eigenvalue weighted by Crippen LogP contribution is -2.40. The molecule has 0 saturated carbocycles. The maximum absolute atomic E-state index is 3.66. The second kappa shape index (κ2) is 10.1. The van der Waals surface area contributed by atoms with Crippen molar-refractivity contribution in [3.8, 4) is 0 Å². The molecule has 0 spiro atoms. The van der Waals surface area contributed by atoms with Gasteiger partial charge < -0.3 is 5.32 Å². The average molecular weight is 299 g/mol. The van der Waals surface area contributed by atoms with E-state index in [4.69, 9.17) is 0 Å². The van der Waals surface area contributed by atoms with E-state index in [0.29, 0.717) is 6.04 Å². The molecule has 0 aliphatic heterocycles. The van der Waals surface area contributed by atoms with Crippen LogP contribution in [0.1, 0.15) is 44.7 Å². The summed E-state index contributed by atoms with van der Waals surface area (Å²) in [5, 5.41) is 3.66. The highest BCUT2D eigenvalue weighted by atomic mass is 35.5. The van der Waals surface area contributed by atoms with E-state index >= 15 is 0 Å². The van der Waals surface area contributed by atoms with Crippen molar-refractivity contribution in [2.75, 3.05) is 25.0 Å². The van der Waals surface area contributed by atoms with E-state index in [1.807, 2.05) is 0 Å². The van der Waals surface area contributed by atoms with Crippen LogP contribution in [0.3, 0.4) is 0 Å². The Balaban J connectivity index is 0.00000361. The van der Waals surface area contributed by atoms with E-state index in [1.165, 1.54) is 36.2 Å². The van der Waals surface area contributed by atoms with Crippen LogP contribution in [0.15, 0.2) is 18.2 Å². The number of hydrogen-bond acceptors (Lipinski definition) is 2. The van der Waals surface area contributed by atoms with Crippen molar-refractivity contribution in [2.45, 2.75) is 53.5 Å². The quantitative estimate of drug-likeness (QED) is 0.751. The van der Waals surface area contributed by atoms with Gasteiger partial charge >= 0.3 is 0 Å². The first-order valence-electron chi connectivity index (χ1n) is 7.68. The monoisotopic (exact) mass is 298 g/mol. The van der Waals surface area contributed by atoms with E-state index in [0.717, 1.165) is 13.1 Å². The van der Waals surface area contributed by atoms with Gasteiger partial charge in [0.05, 0.1) is 0 Å². The first-order chi connectivity index (χ1) is 9.13. The summed E-state index contributed by atoms with van der Waals surface area (Å²) in [4.78, 5) is 2.58. The molecule has 0 aliphatic carbocycles. The molecule has 1 aromatic carbocycles. The molecule has 116 valence electrons. The summed E-state index contributed by atoms with van der Waals surface area (Å²) in [5.41, 5.74) is 4.00. The standard InChI is InChI=1S/C17H30N2.ClH/c1-6-12-19(8-3)16(7-2)13-18-17-14(4)10-9-11-15(17)5;/h9-11,16,18H,6-8,12-13H2,1-5H3;1H. The zero-order valence-electron chi connectivity index (χ0n) is 13.7. The largest absolute Gasteiger partial charge is 0.383 e. The van der Waals surface area contributed by atoms with Crippen LogP contribution in [0.2, 0.25) is 0 Å². The first-order valence-corrected chi connectivity index (χ1v) is 7.68. The molecule has 0 aliphatic rings. The van der Waals surface area contributed by atoms with Crippen molar-refractivity contribution in [1.82, 2.24) is 4.90 Å². The van der Waals surface area contributed by atoms with Gasteiger partial charge in [0.2, 0.25) is 0 Å². The lowest BCUT2D eigenvalue weighted by Gasteiger charge is -2.30. The van der Waals surface area contributed by atoms with Crippen LogP contribution in [-0.2, 0) is 0 Å². The minimum absolute atomic E-state index is 0. The van der Waals surface area contributed by atoms with Gasteiger partial charge in [-0.25, -0.2) is 0 Å². The lowest BCUT2D eigenvalue weighted by molar-refractivity contribution is 0.209. The number of halogens is 1. The highest BCUT2D eigenvalue weighted by Crippen LogP contribution is 2.20.